The quantitative estimate of drug-likeness (QED) is 0.714. The summed E-state index contributed by atoms with van der Waals surface area (Å²) in [6, 6.07) is 0. The van der Waals surface area contributed by atoms with Crippen molar-refractivity contribution in [1.29, 1.82) is 0 Å². The van der Waals surface area contributed by atoms with Crippen LogP contribution in [0.5, 0.6) is 0 Å². The molecule has 1 saturated heterocycles. The molecule has 19 heavy (non-hydrogen) atoms. The van der Waals surface area contributed by atoms with Crippen LogP contribution in [0, 0.1) is 11.8 Å². The fraction of sp³-hybridized carbons (Fsp3) is 0.786. The summed E-state index contributed by atoms with van der Waals surface area (Å²) < 4.78 is 0. The van der Waals surface area contributed by atoms with Gasteiger partial charge in [0.25, 0.3) is 0 Å². The molecule has 5 heteroatoms. The van der Waals surface area contributed by atoms with Crippen molar-refractivity contribution in [3.8, 4) is 0 Å². The van der Waals surface area contributed by atoms with Crippen LogP contribution in [0.15, 0.2) is 0 Å². The van der Waals surface area contributed by atoms with Gasteiger partial charge in [-0.1, -0.05) is 12.8 Å². The van der Waals surface area contributed by atoms with Gasteiger partial charge in [-0.2, -0.15) is 0 Å². The van der Waals surface area contributed by atoms with Crippen molar-refractivity contribution >= 4 is 17.7 Å². The lowest BCUT2D eigenvalue weighted by molar-refractivity contribution is -0.140. The number of carbonyl (C=O) groups is 3. The molecule has 0 radical (unpaired) electrons. The number of nitrogens with zero attached hydrogens (tertiary/aromatic N) is 2. The number of carbonyl (C=O) groups excluding carboxylic acids is 3. The van der Waals surface area contributed by atoms with Gasteiger partial charge >= 0.3 is 0 Å². The molecule has 3 amide bonds. The van der Waals surface area contributed by atoms with Crippen LogP contribution in [0.2, 0.25) is 0 Å². The smallest absolute Gasteiger partial charge is 0.233 e. The molecule has 0 spiro atoms. The zero-order valence-corrected chi connectivity index (χ0v) is 11.7. The van der Waals surface area contributed by atoms with Gasteiger partial charge in [0.05, 0.1) is 11.8 Å². The van der Waals surface area contributed by atoms with E-state index in [1.165, 1.54) is 4.90 Å². The third kappa shape index (κ3) is 2.65. The molecule has 2 aliphatic rings. The van der Waals surface area contributed by atoms with Crippen LogP contribution >= 0.6 is 0 Å². The average molecular weight is 266 g/mol. The van der Waals surface area contributed by atoms with E-state index in [1.807, 2.05) is 6.92 Å². The molecular formula is C14H22N2O3. The zero-order valence-electron chi connectivity index (χ0n) is 11.7. The number of hydrogen-bond acceptors (Lipinski definition) is 3. The van der Waals surface area contributed by atoms with E-state index in [0.29, 0.717) is 6.54 Å². The first-order chi connectivity index (χ1) is 9.06. The van der Waals surface area contributed by atoms with Crippen LogP contribution in [-0.4, -0.2) is 47.7 Å². The SMILES string of the molecule is CCN(C)C(=O)CCN1C(=O)C2CCCCC2C1=O. The number of imide groups is 1. The van der Waals surface area contributed by atoms with E-state index in [1.54, 1.807) is 11.9 Å². The standard InChI is InChI=1S/C14H22N2O3/c1-3-15(2)12(17)8-9-16-13(18)10-6-4-5-7-11(10)14(16)19/h10-11H,3-9H2,1-2H3. The second kappa shape index (κ2) is 5.72. The second-order valence-corrected chi connectivity index (χ2v) is 5.48. The number of rotatable bonds is 4. The molecule has 0 aromatic heterocycles. The van der Waals surface area contributed by atoms with Gasteiger partial charge in [0, 0.05) is 26.6 Å². The first-order valence-corrected chi connectivity index (χ1v) is 7.15. The molecule has 2 atom stereocenters. The Bertz CT molecular complexity index is 370. The Labute approximate surface area is 113 Å². The summed E-state index contributed by atoms with van der Waals surface area (Å²) in [7, 11) is 1.73. The minimum Gasteiger partial charge on any atom is -0.346 e. The van der Waals surface area contributed by atoms with Gasteiger partial charge < -0.3 is 4.90 Å². The molecule has 2 unspecified atom stereocenters. The van der Waals surface area contributed by atoms with Crippen LogP contribution in [0.1, 0.15) is 39.0 Å². The highest BCUT2D eigenvalue weighted by Crippen LogP contribution is 2.37. The van der Waals surface area contributed by atoms with Gasteiger partial charge in [-0.05, 0) is 19.8 Å². The monoisotopic (exact) mass is 266 g/mol. The van der Waals surface area contributed by atoms with Gasteiger partial charge in [-0.25, -0.2) is 0 Å². The lowest BCUT2D eigenvalue weighted by Gasteiger charge is -2.19. The van der Waals surface area contributed by atoms with Crippen molar-refractivity contribution < 1.29 is 14.4 Å². The average Bonchev–Trinajstić information content (AvgIpc) is 2.68. The maximum atomic E-state index is 12.2. The van der Waals surface area contributed by atoms with Gasteiger partial charge in [-0.15, -0.1) is 0 Å². The van der Waals surface area contributed by atoms with Gasteiger partial charge in [0.2, 0.25) is 17.7 Å². The van der Waals surface area contributed by atoms with Gasteiger partial charge in [0.1, 0.15) is 0 Å². The molecular weight excluding hydrogens is 244 g/mol. The highest BCUT2D eigenvalue weighted by Gasteiger charge is 2.47. The van der Waals surface area contributed by atoms with Gasteiger partial charge in [-0.3, -0.25) is 19.3 Å². The fourth-order valence-electron chi connectivity index (χ4n) is 3.03. The van der Waals surface area contributed by atoms with E-state index in [0.717, 1.165) is 25.7 Å². The topological polar surface area (TPSA) is 57.7 Å². The number of hydrogen-bond donors (Lipinski definition) is 0. The number of amides is 3. The van der Waals surface area contributed by atoms with Crippen LogP contribution < -0.4 is 0 Å². The first-order valence-electron chi connectivity index (χ1n) is 7.15. The molecule has 0 bridgehead atoms. The summed E-state index contributed by atoms with van der Waals surface area (Å²) in [4.78, 5) is 39.0. The molecule has 0 aromatic carbocycles. The zero-order chi connectivity index (χ0) is 14.0. The lowest BCUT2D eigenvalue weighted by Crippen LogP contribution is -2.36. The maximum absolute atomic E-state index is 12.2. The third-order valence-corrected chi connectivity index (χ3v) is 4.38. The lowest BCUT2D eigenvalue weighted by atomic mass is 9.81. The Kier molecular flexibility index (Phi) is 4.22. The van der Waals surface area contributed by atoms with E-state index < -0.39 is 0 Å². The summed E-state index contributed by atoms with van der Waals surface area (Å²) in [5, 5.41) is 0. The van der Waals surface area contributed by atoms with Crippen LogP contribution in [0.4, 0.5) is 0 Å². The molecule has 106 valence electrons. The molecule has 1 aliphatic heterocycles. The molecule has 0 N–H and O–H groups in total. The number of fused-ring (bicyclic) bond motifs is 1. The third-order valence-electron chi connectivity index (χ3n) is 4.38. The minimum atomic E-state index is -0.111. The van der Waals surface area contributed by atoms with E-state index in [-0.39, 0.29) is 42.5 Å². The van der Waals surface area contributed by atoms with Crippen molar-refractivity contribution in [2.24, 2.45) is 11.8 Å². The Balaban J connectivity index is 1.95. The van der Waals surface area contributed by atoms with Crippen molar-refractivity contribution in [2.75, 3.05) is 20.1 Å². The predicted molar refractivity (Wildman–Crippen MR) is 70.1 cm³/mol. The maximum Gasteiger partial charge on any atom is 0.233 e. The molecule has 1 saturated carbocycles. The highest BCUT2D eigenvalue weighted by molar-refractivity contribution is 6.05. The molecule has 5 nitrogen and oxygen atoms in total. The Morgan fingerprint density at radius 2 is 1.74 bits per heavy atom. The second-order valence-electron chi connectivity index (χ2n) is 5.48. The van der Waals surface area contributed by atoms with Crippen molar-refractivity contribution in [2.45, 2.75) is 39.0 Å². The van der Waals surface area contributed by atoms with E-state index >= 15 is 0 Å². The molecule has 1 heterocycles. The van der Waals surface area contributed by atoms with E-state index in [2.05, 4.69) is 0 Å². The normalized spacial score (nSPS) is 26.5. The van der Waals surface area contributed by atoms with Gasteiger partial charge in [0.15, 0.2) is 0 Å². The first kappa shape index (κ1) is 14.0. The van der Waals surface area contributed by atoms with Crippen molar-refractivity contribution in [3.63, 3.8) is 0 Å². The molecule has 1 aliphatic carbocycles. The fourth-order valence-corrected chi connectivity index (χ4v) is 3.03. The molecule has 2 fully saturated rings. The van der Waals surface area contributed by atoms with Crippen LogP contribution in [-0.2, 0) is 14.4 Å². The summed E-state index contributed by atoms with van der Waals surface area (Å²) in [6.45, 7) is 2.79. The van der Waals surface area contributed by atoms with Crippen LogP contribution in [0.3, 0.4) is 0 Å². The predicted octanol–water partition coefficient (Wildman–Crippen LogP) is 1.03. The summed E-state index contributed by atoms with van der Waals surface area (Å²) in [5.74, 6) is -0.346. The number of likely N-dealkylation sites (tertiary alicyclic amines) is 1. The summed E-state index contributed by atoms with van der Waals surface area (Å²) in [6.07, 6.45) is 3.96. The summed E-state index contributed by atoms with van der Waals surface area (Å²) >= 11 is 0. The Morgan fingerprint density at radius 1 is 1.21 bits per heavy atom. The van der Waals surface area contributed by atoms with E-state index in [4.69, 9.17) is 0 Å². The van der Waals surface area contributed by atoms with Crippen LogP contribution in [0.25, 0.3) is 0 Å². The Hall–Kier alpha value is -1.39. The highest BCUT2D eigenvalue weighted by atomic mass is 16.2. The minimum absolute atomic E-state index is 0.0158. The molecule has 2 rings (SSSR count). The van der Waals surface area contributed by atoms with Crippen molar-refractivity contribution in [1.82, 2.24) is 9.80 Å². The molecule has 0 aromatic rings. The Morgan fingerprint density at radius 3 is 2.21 bits per heavy atom. The largest absolute Gasteiger partial charge is 0.346 e. The van der Waals surface area contributed by atoms with E-state index in [9.17, 15) is 14.4 Å². The summed E-state index contributed by atoms with van der Waals surface area (Å²) in [5.41, 5.74) is 0. The van der Waals surface area contributed by atoms with Crippen molar-refractivity contribution in [3.05, 3.63) is 0 Å².